The van der Waals surface area contributed by atoms with Crippen LogP contribution in [0.1, 0.15) is 19.4 Å². The van der Waals surface area contributed by atoms with Gasteiger partial charge >= 0.3 is 0 Å². The van der Waals surface area contributed by atoms with Crippen LogP contribution in [0.3, 0.4) is 0 Å². The lowest BCUT2D eigenvalue weighted by Crippen LogP contribution is -2.39. The van der Waals surface area contributed by atoms with Crippen LogP contribution in [0.25, 0.3) is 0 Å². The first-order valence-electron chi connectivity index (χ1n) is 6.48. The number of carbonyl (C=O) groups excluding carboxylic acids is 1. The fourth-order valence-electron chi connectivity index (χ4n) is 1.85. The number of benzene rings is 1. The van der Waals surface area contributed by atoms with E-state index < -0.39 is 0 Å². The van der Waals surface area contributed by atoms with E-state index in [1.54, 1.807) is 30.0 Å². The molecule has 0 saturated carbocycles. The van der Waals surface area contributed by atoms with Gasteiger partial charge in [0.25, 0.3) is 0 Å². The van der Waals surface area contributed by atoms with Gasteiger partial charge in [-0.2, -0.15) is 0 Å². The van der Waals surface area contributed by atoms with Crippen LogP contribution in [0.15, 0.2) is 29.4 Å². The Kier molecular flexibility index (Phi) is 5.96. The van der Waals surface area contributed by atoms with Crippen LogP contribution in [0, 0.1) is 11.7 Å². The number of hydrogen-bond acceptors (Lipinski definition) is 3. The lowest BCUT2D eigenvalue weighted by molar-refractivity contribution is -0.130. The molecular weight excluding hydrogens is 261 g/mol. The zero-order valence-corrected chi connectivity index (χ0v) is 11.7. The summed E-state index contributed by atoms with van der Waals surface area (Å²) in [6, 6.07) is 6.20. The smallest absolute Gasteiger partial charge is 0.227 e. The van der Waals surface area contributed by atoms with E-state index in [4.69, 9.17) is 10.9 Å². The number of amidine groups is 1. The highest BCUT2D eigenvalue weighted by Crippen LogP contribution is 2.10. The Balaban J connectivity index is 2.71. The first-order chi connectivity index (χ1) is 9.49. The number of halogens is 1. The third kappa shape index (κ3) is 4.22. The normalized spacial score (nSPS) is 13.1. The zero-order valence-electron chi connectivity index (χ0n) is 11.7. The number of hydrogen-bond donors (Lipinski definition) is 2. The Morgan fingerprint density at radius 1 is 1.50 bits per heavy atom. The molecule has 0 heterocycles. The number of amides is 1. The molecular formula is C14H20FN3O2. The SMILES string of the molecule is CCN(CC(C)C(N)=NO)C(=O)Cc1ccccc1F. The molecule has 0 aliphatic carbocycles. The monoisotopic (exact) mass is 281 g/mol. The van der Waals surface area contributed by atoms with Crippen molar-refractivity contribution in [3.63, 3.8) is 0 Å². The Hall–Kier alpha value is -2.11. The van der Waals surface area contributed by atoms with Crippen molar-refractivity contribution < 1.29 is 14.4 Å². The Morgan fingerprint density at radius 2 is 2.15 bits per heavy atom. The molecule has 0 saturated heterocycles. The molecule has 6 heteroatoms. The second-order valence-corrected chi connectivity index (χ2v) is 4.63. The maximum atomic E-state index is 13.5. The molecule has 5 nitrogen and oxygen atoms in total. The van der Waals surface area contributed by atoms with Crippen molar-refractivity contribution >= 4 is 11.7 Å². The lowest BCUT2D eigenvalue weighted by Gasteiger charge is -2.24. The first kappa shape index (κ1) is 15.9. The minimum atomic E-state index is -0.388. The molecule has 1 rings (SSSR count). The number of oxime groups is 1. The number of carbonyl (C=O) groups is 1. The number of rotatable bonds is 6. The van der Waals surface area contributed by atoms with E-state index in [1.165, 1.54) is 6.07 Å². The van der Waals surface area contributed by atoms with Gasteiger partial charge in [-0.15, -0.1) is 0 Å². The fourth-order valence-corrected chi connectivity index (χ4v) is 1.85. The van der Waals surface area contributed by atoms with Gasteiger partial charge in [-0.05, 0) is 18.6 Å². The van der Waals surface area contributed by atoms with E-state index in [2.05, 4.69) is 5.16 Å². The molecule has 3 N–H and O–H groups in total. The molecule has 1 aromatic carbocycles. The molecule has 20 heavy (non-hydrogen) atoms. The molecule has 1 atom stereocenters. The topological polar surface area (TPSA) is 78.9 Å². The zero-order chi connectivity index (χ0) is 15.1. The average Bonchev–Trinajstić information content (AvgIpc) is 2.45. The highest BCUT2D eigenvalue weighted by Gasteiger charge is 2.18. The molecule has 1 unspecified atom stereocenters. The van der Waals surface area contributed by atoms with Gasteiger partial charge < -0.3 is 15.8 Å². The largest absolute Gasteiger partial charge is 0.409 e. The van der Waals surface area contributed by atoms with Crippen LogP contribution in [0.5, 0.6) is 0 Å². The quantitative estimate of drug-likeness (QED) is 0.360. The summed E-state index contributed by atoms with van der Waals surface area (Å²) in [6.07, 6.45) is 0.00338. The summed E-state index contributed by atoms with van der Waals surface area (Å²) in [6.45, 7) is 4.41. The first-order valence-corrected chi connectivity index (χ1v) is 6.48. The molecule has 0 aromatic heterocycles. The van der Waals surface area contributed by atoms with E-state index in [9.17, 15) is 9.18 Å². The second-order valence-electron chi connectivity index (χ2n) is 4.63. The molecule has 0 bridgehead atoms. The van der Waals surface area contributed by atoms with E-state index in [1.807, 2.05) is 6.92 Å². The van der Waals surface area contributed by atoms with E-state index >= 15 is 0 Å². The summed E-state index contributed by atoms with van der Waals surface area (Å²) in [5, 5.41) is 11.5. The van der Waals surface area contributed by atoms with Gasteiger partial charge in [0.1, 0.15) is 11.7 Å². The van der Waals surface area contributed by atoms with Gasteiger partial charge in [0.15, 0.2) is 0 Å². The van der Waals surface area contributed by atoms with E-state index in [-0.39, 0.29) is 29.9 Å². The molecule has 1 amide bonds. The summed E-state index contributed by atoms with van der Waals surface area (Å²) >= 11 is 0. The average molecular weight is 281 g/mol. The van der Waals surface area contributed by atoms with Crippen LogP contribution in [0.2, 0.25) is 0 Å². The lowest BCUT2D eigenvalue weighted by atomic mass is 10.1. The number of nitrogens with two attached hydrogens (primary N) is 1. The van der Waals surface area contributed by atoms with Crippen molar-refractivity contribution in [1.29, 1.82) is 0 Å². The van der Waals surface area contributed by atoms with E-state index in [0.717, 1.165) is 0 Å². The summed E-state index contributed by atoms with van der Waals surface area (Å²) in [5.41, 5.74) is 5.87. The van der Waals surface area contributed by atoms with Gasteiger partial charge in [0.2, 0.25) is 5.91 Å². The predicted octanol–water partition coefficient (Wildman–Crippen LogP) is 1.60. The standard InChI is InChI=1S/C14H20FN3O2/c1-3-18(9-10(2)14(16)17-20)13(19)8-11-6-4-5-7-12(11)15/h4-7,10,20H,3,8-9H2,1-2H3,(H2,16,17). The van der Waals surface area contributed by atoms with Crippen molar-refractivity contribution in [1.82, 2.24) is 4.90 Å². The fraction of sp³-hybridized carbons (Fsp3) is 0.429. The van der Waals surface area contributed by atoms with Gasteiger partial charge in [0, 0.05) is 19.0 Å². The third-order valence-corrected chi connectivity index (χ3v) is 3.15. The molecule has 1 aromatic rings. The third-order valence-electron chi connectivity index (χ3n) is 3.15. The number of likely N-dealkylation sites (N-methyl/N-ethyl adjacent to an activating group) is 1. The molecule has 0 spiro atoms. The van der Waals surface area contributed by atoms with Crippen molar-refractivity contribution in [3.05, 3.63) is 35.6 Å². The van der Waals surface area contributed by atoms with Crippen LogP contribution >= 0.6 is 0 Å². The summed E-state index contributed by atoms with van der Waals surface area (Å²) < 4.78 is 13.5. The van der Waals surface area contributed by atoms with E-state index in [0.29, 0.717) is 18.7 Å². The van der Waals surface area contributed by atoms with Crippen molar-refractivity contribution in [2.45, 2.75) is 20.3 Å². The van der Waals surface area contributed by atoms with Crippen LogP contribution < -0.4 is 5.73 Å². The van der Waals surface area contributed by atoms with Gasteiger partial charge in [0.05, 0.1) is 6.42 Å². The van der Waals surface area contributed by atoms with Crippen LogP contribution in [-0.4, -0.2) is 34.9 Å². The Labute approximate surface area is 117 Å². The van der Waals surface area contributed by atoms with Gasteiger partial charge in [-0.1, -0.05) is 30.3 Å². The summed E-state index contributed by atoms with van der Waals surface area (Å²) in [5.74, 6) is -0.761. The minimum absolute atomic E-state index is 0.00338. The maximum absolute atomic E-state index is 13.5. The predicted molar refractivity (Wildman–Crippen MR) is 74.9 cm³/mol. The van der Waals surface area contributed by atoms with Gasteiger partial charge in [-0.25, -0.2) is 4.39 Å². The van der Waals surface area contributed by atoms with Crippen LogP contribution in [0.4, 0.5) is 4.39 Å². The minimum Gasteiger partial charge on any atom is -0.409 e. The molecule has 0 aliphatic heterocycles. The van der Waals surface area contributed by atoms with Crippen molar-refractivity contribution in [3.8, 4) is 0 Å². The molecule has 0 radical (unpaired) electrons. The second kappa shape index (κ2) is 7.47. The van der Waals surface area contributed by atoms with Gasteiger partial charge in [-0.3, -0.25) is 4.79 Å². The highest BCUT2D eigenvalue weighted by molar-refractivity contribution is 5.83. The Morgan fingerprint density at radius 3 is 2.70 bits per heavy atom. The van der Waals surface area contributed by atoms with Crippen LogP contribution in [-0.2, 0) is 11.2 Å². The Bertz CT molecular complexity index is 491. The summed E-state index contributed by atoms with van der Waals surface area (Å²) in [7, 11) is 0. The maximum Gasteiger partial charge on any atom is 0.227 e. The molecule has 110 valence electrons. The van der Waals surface area contributed by atoms with Crippen molar-refractivity contribution in [2.24, 2.45) is 16.8 Å². The highest BCUT2D eigenvalue weighted by atomic mass is 19.1. The molecule has 0 fully saturated rings. The number of nitrogens with zero attached hydrogens (tertiary/aromatic N) is 2. The van der Waals surface area contributed by atoms with Crippen molar-refractivity contribution in [2.75, 3.05) is 13.1 Å². The summed E-state index contributed by atoms with van der Waals surface area (Å²) in [4.78, 5) is 13.7. The molecule has 0 aliphatic rings.